The van der Waals surface area contributed by atoms with Crippen LogP contribution in [0.4, 0.5) is 5.69 Å². The molecule has 0 saturated heterocycles. The minimum absolute atomic E-state index is 0.0736. The van der Waals surface area contributed by atoms with E-state index in [0.717, 1.165) is 36.4 Å². The summed E-state index contributed by atoms with van der Waals surface area (Å²) in [6.07, 6.45) is 2.19. The van der Waals surface area contributed by atoms with Crippen molar-refractivity contribution in [2.24, 2.45) is 5.73 Å². The van der Waals surface area contributed by atoms with E-state index in [-0.39, 0.29) is 6.04 Å². The number of rotatable bonds is 9. The monoisotopic (exact) mass is 294 g/mol. The topological polar surface area (TPSA) is 47.7 Å². The molecule has 0 amide bonds. The number of hydrogen-bond donors (Lipinski definition) is 1. The van der Waals surface area contributed by atoms with Crippen LogP contribution >= 0.6 is 0 Å². The van der Waals surface area contributed by atoms with E-state index in [0.29, 0.717) is 12.6 Å². The third-order valence-electron chi connectivity index (χ3n) is 3.95. The van der Waals surface area contributed by atoms with E-state index < -0.39 is 0 Å². The fourth-order valence-electron chi connectivity index (χ4n) is 2.84. The number of nitrogens with zero attached hydrogens (tertiary/aromatic N) is 1. The summed E-state index contributed by atoms with van der Waals surface area (Å²) in [5, 5.41) is 0. The molecule has 0 aliphatic rings. The minimum atomic E-state index is -0.0736. The summed E-state index contributed by atoms with van der Waals surface area (Å²) in [4.78, 5) is 2.41. The van der Waals surface area contributed by atoms with Gasteiger partial charge in [0.2, 0.25) is 0 Å². The van der Waals surface area contributed by atoms with Gasteiger partial charge in [0.05, 0.1) is 13.7 Å². The molecule has 4 heteroatoms. The first kappa shape index (κ1) is 17.8. The van der Waals surface area contributed by atoms with Crippen LogP contribution in [0, 0.1) is 0 Å². The second-order valence-corrected chi connectivity index (χ2v) is 5.34. The highest BCUT2D eigenvalue weighted by atomic mass is 16.5. The van der Waals surface area contributed by atoms with Crippen molar-refractivity contribution in [1.29, 1.82) is 0 Å². The molecule has 0 aliphatic heterocycles. The van der Waals surface area contributed by atoms with Gasteiger partial charge in [0, 0.05) is 37.0 Å². The first-order valence-electron chi connectivity index (χ1n) is 7.78. The molecule has 0 spiro atoms. The van der Waals surface area contributed by atoms with E-state index in [4.69, 9.17) is 15.2 Å². The maximum absolute atomic E-state index is 6.20. The summed E-state index contributed by atoms with van der Waals surface area (Å²) in [6.45, 7) is 8.00. The van der Waals surface area contributed by atoms with Gasteiger partial charge in [-0.05, 0) is 31.9 Å². The molecule has 0 fully saturated rings. The Morgan fingerprint density at radius 2 is 1.86 bits per heavy atom. The maximum Gasteiger partial charge on any atom is 0.125 e. The quantitative estimate of drug-likeness (QED) is 0.758. The molecule has 1 unspecified atom stereocenters. The summed E-state index contributed by atoms with van der Waals surface area (Å²) in [5.74, 6) is 0.857. The molecule has 0 radical (unpaired) electrons. The Labute approximate surface area is 129 Å². The molecule has 21 heavy (non-hydrogen) atoms. The highest BCUT2D eigenvalue weighted by Crippen LogP contribution is 2.35. The molecule has 1 aromatic carbocycles. The Kier molecular flexibility index (Phi) is 7.54. The smallest absolute Gasteiger partial charge is 0.125 e. The maximum atomic E-state index is 6.20. The third-order valence-corrected chi connectivity index (χ3v) is 3.95. The molecule has 1 rings (SSSR count). The van der Waals surface area contributed by atoms with E-state index in [1.165, 1.54) is 0 Å². The standard InChI is InChI=1S/C17H30N2O2/c1-6-14(7-2)19(11-12-20-4)15-9-8-10-16(21-5)17(15)13(3)18/h8-10,13-14H,6-7,11-12,18H2,1-5H3. The van der Waals surface area contributed by atoms with Crippen LogP contribution in [0.5, 0.6) is 5.75 Å². The van der Waals surface area contributed by atoms with Crippen LogP contribution in [-0.2, 0) is 4.74 Å². The molecule has 1 aromatic rings. The largest absolute Gasteiger partial charge is 0.496 e. The van der Waals surface area contributed by atoms with Gasteiger partial charge in [-0.25, -0.2) is 0 Å². The first-order valence-corrected chi connectivity index (χ1v) is 7.78. The van der Waals surface area contributed by atoms with Crippen LogP contribution in [0.2, 0.25) is 0 Å². The zero-order valence-corrected chi connectivity index (χ0v) is 14.1. The first-order chi connectivity index (χ1) is 10.1. The van der Waals surface area contributed by atoms with Crippen molar-refractivity contribution in [3.8, 4) is 5.75 Å². The number of benzene rings is 1. The normalized spacial score (nSPS) is 12.5. The van der Waals surface area contributed by atoms with Gasteiger partial charge in [-0.2, -0.15) is 0 Å². The van der Waals surface area contributed by atoms with E-state index in [9.17, 15) is 0 Å². The molecule has 0 aromatic heterocycles. The molecule has 0 heterocycles. The fourth-order valence-corrected chi connectivity index (χ4v) is 2.84. The van der Waals surface area contributed by atoms with E-state index in [1.807, 2.05) is 19.1 Å². The Balaban J connectivity index is 3.28. The lowest BCUT2D eigenvalue weighted by Crippen LogP contribution is -2.38. The molecule has 0 saturated carbocycles. The van der Waals surface area contributed by atoms with Crippen molar-refractivity contribution < 1.29 is 9.47 Å². The second-order valence-electron chi connectivity index (χ2n) is 5.34. The number of ether oxygens (including phenoxy) is 2. The van der Waals surface area contributed by atoms with E-state index in [1.54, 1.807) is 14.2 Å². The third kappa shape index (κ3) is 4.35. The van der Waals surface area contributed by atoms with Crippen molar-refractivity contribution in [2.45, 2.75) is 45.7 Å². The highest BCUT2D eigenvalue weighted by Gasteiger charge is 2.22. The molecular weight excluding hydrogens is 264 g/mol. The van der Waals surface area contributed by atoms with Crippen LogP contribution in [-0.4, -0.2) is 33.4 Å². The molecule has 4 nitrogen and oxygen atoms in total. The van der Waals surface area contributed by atoms with Gasteiger partial charge >= 0.3 is 0 Å². The molecule has 2 N–H and O–H groups in total. The van der Waals surface area contributed by atoms with Crippen molar-refractivity contribution in [1.82, 2.24) is 0 Å². The van der Waals surface area contributed by atoms with Gasteiger partial charge in [-0.1, -0.05) is 19.9 Å². The van der Waals surface area contributed by atoms with Crippen molar-refractivity contribution in [3.63, 3.8) is 0 Å². The minimum Gasteiger partial charge on any atom is -0.496 e. The Morgan fingerprint density at radius 1 is 1.19 bits per heavy atom. The average Bonchev–Trinajstić information content (AvgIpc) is 2.50. The average molecular weight is 294 g/mol. The lowest BCUT2D eigenvalue weighted by Gasteiger charge is -2.35. The summed E-state index contributed by atoms with van der Waals surface area (Å²) in [6, 6.07) is 6.54. The SMILES string of the molecule is CCC(CC)N(CCOC)c1cccc(OC)c1C(C)N. The fraction of sp³-hybridized carbons (Fsp3) is 0.647. The lowest BCUT2D eigenvalue weighted by molar-refractivity contribution is 0.202. The molecule has 1 atom stereocenters. The summed E-state index contributed by atoms with van der Waals surface area (Å²) >= 11 is 0. The van der Waals surface area contributed by atoms with E-state index >= 15 is 0 Å². The van der Waals surface area contributed by atoms with Gasteiger partial charge < -0.3 is 20.1 Å². The van der Waals surface area contributed by atoms with E-state index in [2.05, 4.69) is 24.8 Å². The van der Waals surface area contributed by atoms with Gasteiger partial charge in [-0.15, -0.1) is 0 Å². The van der Waals surface area contributed by atoms with Crippen LogP contribution < -0.4 is 15.4 Å². The second kappa shape index (κ2) is 8.90. The van der Waals surface area contributed by atoms with Crippen LogP contribution in [0.3, 0.4) is 0 Å². The van der Waals surface area contributed by atoms with Gasteiger partial charge in [-0.3, -0.25) is 0 Å². The van der Waals surface area contributed by atoms with Gasteiger partial charge in [0.15, 0.2) is 0 Å². The molecule has 0 aliphatic carbocycles. The number of methoxy groups -OCH3 is 2. The Bertz CT molecular complexity index is 417. The van der Waals surface area contributed by atoms with Gasteiger partial charge in [0.25, 0.3) is 0 Å². The van der Waals surface area contributed by atoms with Crippen LogP contribution in [0.25, 0.3) is 0 Å². The van der Waals surface area contributed by atoms with Crippen LogP contribution in [0.1, 0.15) is 45.2 Å². The molecule has 0 bridgehead atoms. The zero-order chi connectivity index (χ0) is 15.8. The van der Waals surface area contributed by atoms with Crippen LogP contribution in [0.15, 0.2) is 18.2 Å². The summed E-state index contributed by atoms with van der Waals surface area (Å²) in [7, 11) is 3.44. The number of hydrogen-bond acceptors (Lipinski definition) is 4. The Morgan fingerprint density at radius 3 is 2.33 bits per heavy atom. The van der Waals surface area contributed by atoms with Gasteiger partial charge in [0.1, 0.15) is 5.75 Å². The lowest BCUT2D eigenvalue weighted by atomic mass is 10.0. The highest BCUT2D eigenvalue weighted by molar-refractivity contribution is 5.61. The summed E-state index contributed by atoms with van der Waals surface area (Å²) in [5.41, 5.74) is 8.44. The predicted octanol–water partition coefficient (Wildman–Crippen LogP) is 3.36. The van der Waals surface area contributed by atoms with Crippen molar-refractivity contribution in [2.75, 3.05) is 32.3 Å². The molecule has 120 valence electrons. The molecular formula is C17H30N2O2. The van der Waals surface area contributed by atoms with Crippen molar-refractivity contribution in [3.05, 3.63) is 23.8 Å². The summed E-state index contributed by atoms with van der Waals surface area (Å²) < 4.78 is 10.8. The van der Waals surface area contributed by atoms with Crippen molar-refractivity contribution >= 4 is 5.69 Å². The zero-order valence-electron chi connectivity index (χ0n) is 14.1. The number of nitrogens with two attached hydrogens (primary N) is 1. The Hall–Kier alpha value is -1.26. The number of anilines is 1. The predicted molar refractivity (Wildman–Crippen MR) is 89.2 cm³/mol.